The van der Waals surface area contributed by atoms with Gasteiger partial charge in [-0.2, -0.15) is 0 Å². The summed E-state index contributed by atoms with van der Waals surface area (Å²) in [5.74, 6) is 0.936. The molecule has 0 aliphatic heterocycles. The van der Waals surface area contributed by atoms with Crippen LogP contribution in [0.1, 0.15) is 24.1 Å². The van der Waals surface area contributed by atoms with Gasteiger partial charge < -0.3 is 10.1 Å². The van der Waals surface area contributed by atoms with Crippen molar-refractivity contribution in [3.63, 3.8) is 0 Å². The van der Waals surface area contributed by atoms with Gasteiger partial charge in [-0.25, -0.2) is 4.39 Å². The maximum atomic E-state index is 13.2. The van der Waals surface area contributed by atoms with E-state index in [2.05, 4.69) is 10.3 Å². The van der Waals surface area contributed by atoms with E-state index in [4.69, 9.17) is 4.74 Å². The molecule has 1 aromatic carbocycles. The van der Waals surface area contributed by atoms with Gasteiger partial charge in [0.25, 0.3) is 0 Å². The van der Waals surface area contributed by atoms with Crippen molar-refractivity contribution in [1.82, 2.24) is 10.3 Å². The number of pyridine rings is 1. The standard InChI is InChI=1S/C16H17FN2O/c1-11-7-16(20-15-4-2-3-13(17)8-15)12(9-18-11)10-19-14-5-6-14/h2-4,7-9,14,19H,5-6,10H2,1H3. The third kappa shape index (κ3) is 3.33. The normalized spacial score (nSPS) is 14.3. The first kappa shape index (κ1) is 13.1. The Morgan fingerprint density at radius 3 is 2.95 bits per heavy atom. The van der Waals surface area contributed by atoms with Crippen LogP contribution in [0.15, 0.2) is 36.5 Å². The maximum Gasteiger partial charge on any atom is 0.135 e. The Kier molecular flexibility index (Phi) is 3.65. The van der Waals surface area contributed by atoms with Crippen LogP contribution >= 0.6 is 0 Å². The van der Waals surface area contributed by atoms with Crippen LogP contribution in [0.3, 0.4) is 0 Å². The molecule has 20 heavy (non-hydrogen) atoms. The van der Waals surface area contributed by atoms with Crippen LogP contribution in [0.4, 0.5) is 4.39 Å². The minimum absolute atomic E-state index is 0.300. The van der Waals surface area contributed by atoms with Crippen LogP contribution in [-0.2, 0) is 6.54 Å². The van der Waals surface area contributed by atoms with E-state index in [-0.39, 0.29) is 5.82 Å². The van der Waals surface area contributed by atoms with Crippen molar-refractivity contribution in [3.8, 4) is 11.5 Å². The highest BCUT2D eigenvalue weighted by atomic mass is 19.1. The third-order valence-electron chi connectivity index (χ3n) is 3.26. The lowest BCUT2D eigenvalue weighted by molar-refractivity contribution is 0.466. The first-order valence-corrected chi connectivity index (χ1v) is 6.83. The fourth-order valence-electron chi connectivity index (χ4n) is 1.99. The molecular formula is C16H17FN2O. The van der Waals surface area contributed by atoms with Crippen LogP contribution in [0.5, 0.6) is 11.5 Å². The molecule has 0 saturated heterocycles. The fraction of sp³-hybridized carbons (Fsp3) is 0.312. The lowest BCUT2D eigenvalue weighted by Gasteiger charge is -2.12. The second-order valence-electron chi connectivity index (χ2n) is 5.15. The molecule has 0 spiro atoms. The lowest BCUT2D eigenvalue weighted by atomic mass is 10.2. The van der Waals surface area contributed by atoms with Gasteiger partial charge in [0.2, 0.25) is 0 Å². The Hall–Kier alpha value is -1.94. The Morgan fingerprint density at radius 2 is 2.20 bits per heavy atom. The van der Waals surface area contributed by atoms with E-state index >= 15 is 0 Å². The zero-order valence-corrected chi connectivity index (χ0v) is 11.4. The van der Waals surface area contributed by atoms with E-state index in [1.807, 2.05) is 19.2 Å². The number of nitrogens with zero attached hydrogens (tertiary/aromatic N) is 1. The van der Waals surface area contributed by atoms with Crippen molar-refractivity contribution in [1.29, 1.82) is 0 Å². The predicted molar refractivity (Wildman–Crippen MR) is 75.3 cm³/mol. The molecule has 1 N–H and O–H groups in total. The summed E-state index contributed by atoms with van der Waals surface area (Å²) in [4.78, 5) is 4.30. The van der Waals surface area contributed by atoms with E-state index in [0.29, 0.717) is 11.8 Å². The summed E-state index contributed by atoms with van der Waals surface area (Å²) in [6.07, 6.45) is 4.29. The molecule has 1 aliphatic carbocycles. The second kappa shape index (κ2) is 5.59. The fourth-order valence-corrected chi connectivity index (χ4v) is 1.99. The molecule has 0 amide bonds. The van der Waals surface area contributed by atoms with Crippen molar-refractivity contribution < 1.29 is 9.13 Å². The number of benzene rings is 1. The quantitative estimate of drug-likeness (QED) is 0.903. The molecule has 0 bridgehead atoms. The molecule has 1 heterocycles. The summed E-state index contributed by atoms with van der Waals surface area (Å²) in [6, 6.07) is 8.68. The van der Waals surface area contributed by atoms with Crippen molar-refractivity contribution in [2.24, 2.45) is 0 Å². The van der Waals surface area contributed by atoms with E-state index in [0.717, 1.165) is 23.6 Å². The maximum absolute atomic E-state index is 13.2. The Labute approximate surface area is 117 Å². The van der Waals surface area contributed by atoms with Gasteiger partial charge in [-0.15, -0.1) is 0 Å². The first-order valence-electron chi connectivity index (χ1n) is 6.83. The summed E-state index contributed by atoms with van der Waals surface area (Å²) in [6.45, 7) is 2.64. The number of ether oxygens (including phenoxy) is 1. The summed E-state index contributed by atoms with van der Waals surface area (Å²) in [5, 5.41) is 3.44. The second-order valence-corrected chi connectivity index (χ2v) is 5.15. The molecular weight excluding hydrogens is 255 g/mol. The average Bonchev–Trinajstić information content (AvgIpc) is 3.22. The molecule has 4 heteroatoms. The van der Waals surface area contributed by atoms with E-state index < -0.39 is 0 Å². The summed E-state index contributed by atoms with van der Waals surface area (Å²) in [5.41, 5.74) is 1.87. The monoisotopic (exact) mass is 272 g/mol. The summed E-state index contributed by atoms with van der Waals surface area (Å²) >= 11 is 0. The molecule has 1 aromatic heterocycles. The van der Waals surface area contributed by atoms with Gasteiger partial charge >= 0.3 is 0 Å². The molecule has 104 valence electrons. The number of rotatable bonds is 5. The predicted octanol–water partition coefficient (Wildman–Crippen LogP) is 3.57. The molecule has 1 aliphatic rings. The van der Waals surface area contributed by atoms with Crippen LogP contribution in [0.2, 0.25) is 0 Å². The first-order chi connectivity index (χ1) is 9.70. The van der Waals surface area contributed by atoms with Crippen molar-refractivity contribution >= 4 is 0 Å². The van der Waals surface area contributed by atoms with Crippen molar-refractivity contribution in [2.75, 3.05) is 0 Å². The number of hydrogen-bond acceptors (Lipinski definition) is 3. The van der Waals surface area contributed by atoms with Gasteiger partial charge in [-0.3, -0.25) is 4.98 Å². The van der Waals surface area contributed by atoms with E-state index in [1.54, 1.807) is 12.1 Å². The van der Waals surface area contributed by atoms with Crippen LogP contribution < -0.4 is 10.1 Å². The smallest absolute Gasteiger partial charge is 0.135 e. The minimum Gasteiger partial charge on any atom is -0.457 e. The number of aromatic nitrogens is 1. The van der Waals surface area contributed by atoms with Crippen LogP contribution in [-0.4, -0.2) is 11.0 Å². The molecule has 3 rings (SSSR count). The summed E-state index contributed by atoms with van der Waals surface area (Å²) in [7, 11) is 0. The summed E-state index contributed by atoms with van der Waals surface area (Å²) < 4.78 is 19.0. The molecule has 0 unspecified atom stereocenters. The minimum atomic E-state index is -0.300. The van der Waals surface area contributed by atoms with Crippen LogP contribution in [0.25, 0.3) is 0 Å². The van der Waals surface area contributed by atoms with Gasteiger partial charge in [0.05, 0.1) is 0 Å². The van der Waals surface area contributed by atoms with Gasteiger partial charge in [-0.05, 0) is 31.9 Å². The molecule has 0 atom stereocenters. The SMILES string of the molecule is Cc1cc(Oc2cccc(F)c2)c(CNC2CC2)cn1. The largest absolute Gasteiger partial charge is 0.457 e. The number of aryl methyl sites for hydroxylation is 1. The number of halogens is 1. The van der Waals surface area contributed by atoms with Gasteiger partial charge in [0, 0.05) is 42.2 Å². The zero-order valence-electron chi connectivity index (χ0n) is 11.4. The number of nitrogens with one attached hydrogen (secondary N) is 1. The zero-order chi connectivity index (χ0) is 13.9. The highest BCUT2D eigenvalue weighted by Crippen LogP contribution is 2.27. The Balaban J connectivity index is 1.80. The molecule has 0 radical (unpaired) electrons. The molecule has 1 saturated carbocycles. The topological polar surface area (TPSA) is 34.1 Å². The van der Waals surface area contributed by atoms with Gasteiger partial charge in [0.1, 0.15) is 17.3 Å². The third-order valence-corrected chi connectivity index (χ3v) is 3.26. The average molecular weight is 272 g/mol. The van der Waals surface area contributed by atoms with Gasteiger partial charge in [0.15, 0.2) is 0 Å². The molecule has 1 fully saturated rings. The Morgan fingerprint density at radius 1 is 1.35 bits per heavy atom. The highest BCUT2D eigenvalue weighted by molar-refractivity contribution is 5.37. The molecule has 2 aromatic rings. The van der Waals surface area contributed by atoms with Crippen LogP contribution in [0, 0.1) is 12.7 Å². The molecule has 3 nitrogen and oxygen atoms in total. The van der Waals surface area contributed by atoms with Crippen molar-refractivity contribution in [3.05, 3.63) is 53.6 Å². The number of hydrogen-bond donors (Lipinski definition) is 1. The van der Waals surface area contributed by atoms with Gasteiger partial charge in [-0.1, -0.05) is 6.07 Å². The Bertz CT molecular complexity index is 611. The van der Waals surface area contributed by atoms with E-state index in [9.17, 15) is 4.39 Å². The van der Waals surface area contributed by atoms with Crippen molar-refractivity contribution in [2.45, 2.75) is 32.4 Å². The highest BCUT2D eigenvalue weighted by Gasteiger charge is 2.20. The van der Waals surface area contributed by atoms with E-state index in [1.165, 1.54) is 25.0 Å². The lowest BCUT2D eigenvalue weighted by Crippen LogP contribution is -2.16.